The van der Waals surface area contributed by atoms with Gasteiger partial charge in [-0.1, -0.05) is 54.6 Å². The molecule has 3 heteroatoms. The maximum atomic E-state index is 12.2. The third-order valence-electron chi connectivity index (χ3n) is 4.45. The maximum Gasteiger partial charge on any atom is 0.190 e. The smallest absolute Gasteiger partial charge is 0.190 e. The number of benzene rings is 2. The van der Waals surface area contributed by atoms with Crippen LogP contribution in [0.25, 0.3) is 11.3 Å². The highest BCUT2D eigenvalue weighted by atomic mass is 16.3. The van der Waals surface area contributed by atoms with E-state index >= 15 is 0 Å². The molecule has 1 N–H and O–H groups in total. The van der Waals surface area contributed by atoms with E-state index in [1.165, 1.54) is 0 Å². The van der Waals surface area contributed by atoms with E-state index in [0.29, 0.717) is 0 Å². The highest BCUT2D eigenvalue weighted by Crippen LogP contribution is 2.39. The number of nitrogens with zero attached hydrogens (tertiary/aromatic N) is 1. The zero-order valence-corrected chi connectivity index (χ0v) is 12.9. The molecular formula is C20H17NO2. The Kier molecular flexibility index (Phi) is 3.00. The fourth-order valence-electron chi connectivity index (χ4n) is 3.22. The first-order valence-electron chi connectivity index (χ1n) is 7.68. The van der Waals surface area contributed by atoms with E-state index in [-0.39, 0.29) is 12.3 Å². The van der Waals surface area contributed by atoms with Crippen molar-refractivity contribution < 1.29 is 9.90 Å². The van der Waals surface area contributed by atoms with Crippen LogP contribution in [0.2, 0.25) is 0 Å². The molecule has 0 saturated carbocycles. The van der Waals surface area contributed by atoms with Gasteiger partial charge in [0.25, 0.3) is 0 Å². The zero-order valence-electron chi connectivity index (χ0n) is 12.9. The van der Waals surface area contributed by atoms with Crippen LogP contribution in [0.4, 0.5) is 0 Å². The van der Waals surface area contributed by atoms with Crippen molar-refractivity contribution >= 4 is 17.1 Å². The summed E-state index contributed by atoms with van der Waals surface area (Å²) in [5, 5.41) is 10.3. The lowest BCUT2D eigenvalue weighted by atomic mass is 9.85. The van der Waals surface area contributed by atoms with Gasteiger partial charge in [0, 0.05) is 23.4 Å². The molecule has 0 saturated heterocycles. The van der Waals surface area contributed by atoms with Crippen LogP contribution in [0.15, 0.2) is 66.9 Å². The second-order valence-electron chi connectivity index (χ2n) is 6.25. The number of ketones is 1. The van der Waals surface area contributed by atoms with Crippen LogP contribution in [-0.4, -0.2) is 27.9 Å². The van der Waals surface area contributed by atoms with Crippen LogP contribution in [0.3, 0.4) is 0 Å². The summed E-state index contributed by atoms with van der Waals surface area (Å²) in [5.41, 5.74) is 3.86. The SMILES string of the molecule is CC1(O)CN2C=C(c3ccccc3)c3ccccc3C2=CC1=O. The van der Waals surface area contributed by atoms with Crippen molar-refractivity contribution in [2.75, 3.05) is 6.54 Å². The van der Waals surface area contributed by atoms with Crippen molar-refractivity contribution in [3.63, 3.8) is 0 Å². The van der Waals surface area contributed by atoms with Crippen LogP contribution in [0, 0.1) is 0 Å². The summed E-state index contributed by atoms with van der Waals surface area (Å²) < 4.78 is 0. The van der Waals surface area contributed by atoms with E-state index in [4.69, 9.17) is 0 Å². The van der Waals surface area contributed by atoms with Crippen LogP contribution in [0.5, 0.6) is 0 Å². The predicted molar refractivity (Wildman–Crippen MR) is 90.3 cm³/mol. The molecule has 0 radical (unpaired) electrons. The van der Waals surface area contributed by atoms with Crippen molar-refractivity contribution in [1.29, 1.82) is 0 Å². The quantitative estimate of drug-likeness (QED) is 0.880. The highest BCUT2D eigenvalue weighted by molar-refractivity contribution is 6.06. The molecule has 0 amide bonds. The standard InChI is InChI=1S/C20H17NO2/c1-20(23)13-21-12-17(14-7-3-2-4-8-14)15-9-5-6-10-16(15)18(21)11-19(20)22/h2-12,23H,13H2,1H3. The zero-order chi connectivity index (χ0) is 16.0. The molecule has 1 atom stereocenters. The summed E-state index contributed by atoms with van der Waals surface area (Å²) in [6, 6.07) is 18.3. The number of carbonyl (C=O) groups is 1. The van der Waals surface area contributed by atoms with E-state index in [1.807, 2.05) is 47.5 Å². The fraction of sp³-hybridized carbons (Fsp3) is 0.150. The predicted octanol–water partition coefficient (Wildman–Crippen LogP) is 3.07. The molecule has 3 nitrogen and oxygen atoms in total. The van der Waals surface area contributed by atoms with E-state index < -0.39 is 5.60 Å². The van der Waals surface area contributed by atoms with Crippen LogP contribution in [0.1, 0.15) is 23.6 Å². The van der Waals surface area contributed by atoms with Gasteiger partial charge >= 0.3 is 0 Å². The third kappa shape index (κ3) is 2.21. The van der Waals surface area contributed by atoms with Crippen molar-refractivity contribution in [3.8, 4) is 0 Å². The second kappa shape index (κ2) is 4.93. The number of hydrogen-bond acceptors (Lipinski definition) is 3. The Morgan fingerprint density at radius 1 is 1.00 bits per heavy atom. The monoisotopic (exact) mass is 303 g/mol. The molecule has 0 spiro atoms. The van der Waals surface area contributed by atoms with Crippen molar-refractivity contribution in [1.82, 2.24) is 4.90 Å². The average Bonchev–Trinajstić information content (AvgIpc) is 2.56. The fourth-order valence-corrected chi connectivity index (χ4v) is 3.22. The highest BCUT2D eigenvalue weighted by Gasteiger charge is 2.38. The molecule has 23 heavy (non-hydrogen) atoms. The molecule has 0 aromatic heterocycles. The van der Waals surface area contributed by atoms with E-state index in [0.717, 1.165) is 28.0 Å². The van der Waals surface area contributed by atoms with E-state index in [1.54, 1.807) is 13.0 Å². The normalized spacial score (nSPS) is 22.9. The van der Waals surface area contributed by atoms with Crippen molar-refractivity contribution in [3.05, 3.63) is 83.6 Å². The van der Waals surface area contributed by atoms with Gasteiger partial charge in [-0.05, 0) is 18.1 Å². The van der Waals surface area contributed by atoms with Gasteiger partial charge in [-0.3, -0.25) is 4.79 Å². The van der Waals surface area contributed by atoms with Gasteiger partial charge in [-0.15, -0.1) is 0 Å². The van der Waals surface area contributed by atoms with Gasteiger partial charge in [-0.2, -0.15) is 0 Å². The van der Waals surface area contributed by atoms with Crippen molar-refractivity contribution in [2.24, 2.45) is 0 Å². The van der Waals surface area contributed by atoms with Gasteiger partial charge in [0.1, 0.15) is 5.60 Å². The van der Waals surface area contributed by atoms with Crippen molar-refractivity contribution in [2.45, 2.75) is 12.5 Å². The van der Waals surface area contributed by atoms with Gasteiger partial charge in [-0.25, -0.2) is 0 Å². The van der Waals surface area contributed by atoms with Gasteiger partial charge in [0.05, 0.1) is 12.2 Å². The Labute approximate surface area is 135 Å². The van der Waals surface area contributed by atoms with Crippen LogP contribution >= 0.6 is 0 Å². The average molecular weight is 303 g/mol. The lowest BCUT2D eigenvalue weighted by Gasteiger charge is -2.39. The summed E-state index contributed by atoms with van der Waals surface area (Å²) >= 11 is 0. The Hall–Kier alpha value is -2.65. The van der Waals surface area contributed by atoms with Crippen LogP contribution in [-0.2, 0) is 4.79 Å². The molecule has 2 aliphatic heterocycles. The first-order chi connectivity index (χ1) is 11.1. The Morgan fingerprint density at radius 3 is 2.39 bits per heavy atom. The number of aliphatic hydroxyl groups is 1. The molecule has 114 valence electrons. The summed E-state index contributed by atoms with van der Waals surface area (Å²) in [5.74, 6) is -0.241. The lowest BCUT2D eigenvalue weighted by molar-refractivity contribution is -0.132. The summed E-state index contributed by atoms with van der Waals surface area (Å²) in [6.45, 7) is 1.83. The summed E-state index contributed by atoms with van der Waals surface area (Å²) in [6.07, 6.45) is 3.59. The minimum Gasteiger partial charge on any atom is -0.380 e. The van der Waals surface area contributed by atoms with Crippen LogP contribution < -0.4 is 0 Å². The van der Waals surface area contributed by atoms with E-state index in [2.05, 4.69) is 18.2 Å². The number of rotatable bonds is 1. The lowest BCUT2D eigenvalue weighted by Crippen LogP contribution is -2.48. The number of fused-ring (bicyclic) bond motifs is 3. The third-order valence-corrected chi connectivity index (χ3v) is 4.45. The molecule has 0 fully saturated rings. The second-order valence-corrected chi connectivity index (χ2v) is 6.25. The Balaban J connectivity index is 1.94. The summed E-state index contributed by atoms with van der Waals surface area (Å²) in [4.78, 5) is 14.1. The number of carbonyl (C=O) groups excluding carboxylic acids is 1. The molecule has 4 rings (SSSR count). The first-order valence-corrected chi connectivity index (χ1v) is 7.68. The molecular weight excluding hydrogens is 286 g/mol. The molecule has 0 aliphatic carbocycles. The molecule has 2 aromatic carbocycles. The Morgan fingerprint density at radius 2 is 1.65 bits per heavy atom. The van der Waals surface area contributed by atoms with Gasteiger partial charge in [0.15, 0.2) is 5.78 Å². The first kappa shape index (κ1) is 14.0. The molecule has 2 heterocycles. The largest absolute Gasteiger partial charge is 0.380 e. The molecule has 2 aliphatic rings. The topological polar surface area (TPSA) is 40.5 Å². The molecule has 0 bridgehead atoms. The summed E-state index contributed by atoms with van der Waals surface area (Å²) in [7, 11) is 0. The molecule has 2 aromatic rings. The van der Waals surface area contributed by atoms with Gasteiger partial charge < -0.3 is 10.0 Å². The maximum absolute atomic E-state index is 12.2. The minimum atomic E-state index is -1.35. The van der Waals surface area contributed by atoms with E-state index in [9.17, 15) is 9.90 Å². The Bertz CT molecular complexity index is 847. The van der Waals surface area contributed by atoms with Gasteiger partial charge in [0.2, 0.25) is 0 Å². The number of hydrogen-bond donors (Lipinski definition) is 1. The molecule has 1 unspecified atom stereocenters. The minimum absolute atomic E-state index is 0.241.